The number of benzene rings is 1. The van der Waals surface area contributed by atoms with Crippen LogP contribution in [0.4, 0.5) is 10.5 Å². The van der Waals surface area contributed by atoms with Crippen molar-refractivity contribution in [2.24, 2.45) is 5.92 Å². The zero-order chi connectivity index (χ0) is 17.6. The minimum absolute atomic E-state index is 0.166. The molecule has 0 spiro atoms. The Labute approximate surface area is 144 Å². The Hall–Kier alpha value is -2.96. The standard InChI is InChI=1S/C18H18N4O3/c1-18(12-7-8-12)16(24)22(17(25)21-18)10-14(23)20-13-6-2-4-11-5-3-9-19-15(11)13/h2-6,9,12H,7-8,10H2,1H3,(H,20,23)(H,21,25). The molecule has 1 aliphatic carbocycles. The first-order valence-electron chi connectivity index (χ1n) is 8.27. The number of hydrogen-bond acceptors (Lipinski definition) is 4. The molecular formula is C18H18N4O3. The molecule has 128 valence electrons. The molecule has 2 N–H and O–H groups in total. The van der Waals surface area contributed by atoms with Crippen LogP contribution in [0.2, 0.25) is 0 Å². The Bertz CT molecular complexity index is 888. The highest BCUT2D eigenvalue weighted by molar-refractivity contribution is 6.11. The quantitative estimate of drug-likeness (QED) is 0.833. The number of carbonyl (C=O) groups is 3. The van der Waals surface area contributed by atoms with Gasteiger partial charge in [-0.15, -0.1) is 0 Å². The van der Waals surface area contributed by atoms with Crippen LogP contribution in [0.5, 0.6) is 0 Å². The molecule has 25 heavy (non-hydrogen) atoms. The second-order valence-corrected chi connectivity index (χ2v) is 6.73. The molecule has 1 aliphatic heterocycles. The number of amides is 4. The highest BCUT2D eigenvalue weighted by Gasteiger charge is 2.56. The fraction of sp³-hybridized carbons (Fsp3) is 0.333. The highest BCUT2D eigenvalue weighted by atomic mass is 16.2. The summed E-state index contributed by atoms with van der Waals surface area (Å²) in [7, 11) is 0. The molecule has 0 radical (unpaired) electrons. The molecule has 2 heterocycles. The average molecular weight is 338 g/mol. The van der Waals surface area contributed by atoms with Gasteiger partial charge < -0.3 is 10.6 Å². The molecule has 2 aromatic rings. The van der Waals surface area contributed by atoms with Gasteiger partial charge in [-0.05, 0) is 37.8 Å². The van der Waals surface area contributed by atoms with Gasteiger partial charge in [-0.2, -0.15) is 0 Å². The Morgan fingerprint density at radius 1 is 1.32 bits per heavy atom. The first-order valence-corrected chi connectivity index (χ1v) is 8.27. The van der Waals surface area contributed by atoms with Gasteiger partial charge in [0.15, 0.2) is 0 Å². The molecule has 0 bridgehead atoms. The van der Waals surface area contributed by atoms with E-state index in [1.165, 1.54) is 0 Å². The fourth-order valence-electron chi connectivity index (χ4n) is 3.34. The topological polar surface area (TPSA) is 91.4 Å². The molecule has 7 heteroatoms. The maximum Gasteiger partial charge on any atom is 0.325 e. The summed E-state index contributed by atoms with van der Waals surface area (Å²) in [5, 5.41) is 6.39. The maximum absolute atomic E-state index is 12.6. The van der Waals surface area contributed by atoms with Crippen molar-refractivity contribution in [2.75, 3.05) is 11.9 Å². The van der Waals surface area contributed by atoms with E-state index in [1.807, 2.05) is 24.3 Å². The van der Waals surface area contributed by atoms with Gasteiger partial charge in [0.2, 0.25) is 5.91 Å². The number of urea groups is 1. The van der Waals surface area contributed by atoms with Gasteiger partial charge in [-0.3, -0.25) is 19.5 Å². The fourth-order valence-corrected chi connectivity index (χ4v) is 3.34. The number of pyridine rings is 1. The monoisotopic (exact) mass is 338 g/mol. The number of aromatic nitrogens is 1. The lowest BCUT2D eigenvalue weighted by atomic mass is 9.96. The van der Waals surface area contributed by atoms with Crippen molar-refractivity contribution < 1.29 is 14.4 Å². The van der Waals surface area contributed by atoms with Crippen LogP contribution >= 0.6 is 0 Å². The predicted octanol–water partition coefficient (Wildman–Crippen LogP) is 1.89. The van der Waals surface area contributed by atoms with Crippen LogP contribution in [0.1, 0.15) is 19.8 Å². The smallest absolute Gasteiger partial charge is 0.323 e. The summed E-state index contributed by atoms with van der Waals surface area (Å²) in [6, 6.07) is 8.67. The molecule has 1 aromatic carbocycles. The summed E-state index contributed by atoms with van der Waals surface area (Å²) in [6.45, 7) is 1.42. The summed E-state index contributed by atoms with van der Waals surface area (Å²) in [5.41, 5.74) is 0.344. The van der Waals surface area contributed by atoms with E-state index in [0.717, 1.165) is 23.1 Å². The van der Waals surface area contributed by atoms with Gasteiger partial charge in [-0.1, -0.05) is 18.2 Å². The summed E-state index contributed by atoms with van der Waals surface area (Å²) in [6.07, 6.45) is 3.49. The van der Waals surface area contributed by atoms with E-state index in [1.54, 1.807) is 19.2 Å². The molecule has 1 aromatic heterocycles. The lowest BCUT2D eigenvalue weighted by Gasteiger charge is -2.20. The van der Waals surface area contributed by atoms with Crippen LogP contribution in [0.3, 0.4) is 0 Å². The molecule has 2 fully saturated rings. The minimum atomic E-state index is -0.877. The molecule has 1 saturated heterocycles. The Kier molecular flexibility index (Phi) is 3.45. The van der Waals surface area contributed by atoms with Crippen molar-refractivity contribution >= 4 is 34.4 Å². The van der Waals surface area contributed by atoms with E-state index < -0.39 is 17.5 Å². The average Bonchev–Trinajstić information content (AvgIpc) is 3.42. The van der Waals surface area contributed by atoms with Gasteiger partial charge in [0, 0.05) is 11.6 Å². The van der Waals surface area contributed by atoms with Crippen LogP contribution in [-0.2, 0) is 9.59 Å². The Balaban J connectivity index is 1.50. The summed E-state index contributed by atoms with van der Waals surface area (Å²) in [4.78, 5) is 42.4. The van der Waals surface area contributed by atoms with Crippen LogP contribution in [0.25, 0.3) is 10.9 Å². The number of hydrogen-bond donors (Lipinski definition) is 2. The molecule has 2 aliphatic rings. The Morgan fingerprint density at radius 2 is 2.08 bits per heavy atom. The number of rotatable bonds is 4. The van der Waals surface area contributed by atoms with Crippen LogP contribution < -0.4 is 10.6 Å². The van der Waals surface area contributed by atoms with Crippen molar-refractivity contribution in [1.29, 1.82) is 0 Å². The van der Waals surface area contributed by atoms with E-state index in [-0.39, 0.29) is 18.4 Å². The number of imide groups is 1. The summed E-state index contributed by atoms with van der Waals surface area (Å²) in [5.74, 6) is -0.591. The number of carbonyl (C=O) groups excluding carboxylic acids is 3. The summed E-state index contributed by atoms with van der Waals surface area (Å²) >= 11 is 0. The van der Waals surface area contributed by atoms with Gasteiger partial charge in [-0.25, -0.2) is 4.79 Å². The Morgan fingerprint density at radius 3 is 2.84 bits per heavy atom. The van der Waals surface area contributed by atoms with Crippen LogP contribution in [0.15, 0.2) is 36.5 Å². The second kappa shape index (κ2) is 5.54. The number of nitrogens with one attached hydrogen (secondary N) is 2. The maximum atomic E-state index is 12.6. The normalized spacial score (nSPS) is 23.0. The molecule has 4 amide bonds. The number of para-hydroxylation sites is 1. The summed E-state index contributed by atoms with van der Waals surface area (Å²) < 4.78 is 0. The van der Waals surface area contributed by atoms with E-state index in [9.17, 15) is 14.4 Å². The first kappa shape index (κ1) is 15.6. The molecule has 1 atom stereocenters. The first-order chi connectivity index (χ1) is 12.0. The zero-order valence-corrected chi connectivity index (χ0v) is 13.8. The lowest BCUT2D eigenvalue weighted by Crippen LogP contribution is -2.46. The number of anilines is 1. The lowest BCUT2D eigenvalue weighted by molar-refractivity contribution is -0.134. The van der Waals surface area contributed by atoms with Crippen molar-refractivity contribution in [2.45, 2.75) is 25.3 Å². The van der Waals surface area contributed by atoms with Gasteiger partial charge >= 0.3 is 6.03 Å². The molecule has 1 unspecified atom stereocenters. The van der Waals surface area contributed by atoms with Gasteiger partial charge in [0.25, 0.3) is 5.91 Å². The van der Waals surface area contributed by atoms with Crippen molar-refractivity contribution in [3.05, 3.63) is 36.5 Å². The molecule has 1 saturated carbocycles. The van der Waals surface area contributed by atoms with Crippen molar-refractivity contribution in [3.63, 3.8) is 0 Å². The van der Waals surface area contributed by atoms with Crippen molar-refractivity contribution in [1.82, 2.24) is 15.2 Å². The van der Waals surface area contributed by atoms with E-state index in [2.05, 4.69) is 15.6 Å². The molecular weight excluding hydrogens is 320 g/mol. The van der Waals surface area contributed by atoms with E-state index in [4.69, 9.17) is 0 Å². The third-order valence-corrected chi connectivity index (χ3v) is 4.90. The van der Waals surface area contributed by atoms with Crippen LogP contribution in [-0.4, -0.2) is 39.8 Å². The third-order valence-electron chi connectivity index (χ3n) is 4.90. The zero-order valence-electron chi connectivity index (χ0n) is 13.8. The van der Waals surface area contributed by atoms with Gasteiger partial charge in [0.05, 0.1) is 11.2 Å². The minimum Gasteiger partial charge on any atom is -0.323 e. The largest absolute Gasteiger partial charge is 0.325 e. The second-order valence-electron chi connectivity index (χ2n) is 6.73. The number of nitrogens with zero attached hydrogens (tertiary/aromatic N) is 2. The molecule has 4 rings (SSSR count). The van der Waals surface area contributed by atoms with E-state index >= 15 is 0 Å². The SMILES string of the molecule is CC1(C2CC2)NC(=O)N(CC(=O)Nc2cccc3cccnc23)C1=O. The van der Waals surface area contributed by atoms with Gasteiger partial charge in [0.1, 0.15) is 12.1 Å². The molecule has 7 nitrogen and oxygen atoms in total. The third kappa shape index (κ3) is 2.61. The van der Waals surface area contributed by atoms with Crippen LogP contribution in [0, 0.1) is 5.92 Å². The van der Waals surface area contributed by atoms with E-state index in [0.29, 0.717) is 11.2 Å². The predicted molar refractivity (Wildman–Crippen MR) is 91.7 cm³/mol. The van der Waals surface area contributed by atoms with Crippen molar-refractivity contribution in [3.8, 4) is 0 Å². The highest BCUT2D eigenvalue weighted by Crippen LogP contribution is 2.42. The number of fused-ring (bicyclic) bond motifs is 1.